The van der Waals surface area contributed by atoms with E-state index in [1.165, 1.54) is 51.5 Å². The van der Waals surface area contributed by atoms with Gasteiger partial charge in [-0.25, -0.2) is 0 Å². The minimum Gasteiger partial charge on any atom is -0.383 e. The quantitative estimate of drug-likeness (QED) is 0.656. The molecule has 1 rings (SSSR count). The van der Waals surface area contributed by atoms with Crippen LogP contribution in [0, 0.1) is 11.3 Å². The number of ether oxygens (including phenoxy) is 1. The van der Waals surface area contributed by atoms with Gasteiger partial charge in [-0.1, -0.05) is 46.0 Å². The topological polar surface area (TPSA) is 21.3 Å². The van der Waals surface area contributed by atoms with E-state index in [-0.39, 0.29) is 0 Å². The first-order valence-electron chi connectivity index (χ1n) is 7.45. The molecule has 1 fully saturated rings. The van der Waals surface area contributed by atoms with Crippen LogP contribution in [0.15, 0.2) is 0 Å². The summed E-state index contributed by atoms with van der Waals surface area (Å²) in [6.07, 6.45) is 9.86. The van der Waals surface area contributed by atoms with Gasteiger partial charge in [0.1, 0.15) is 0 Å². The molecule has 0 radical (unpaired) electrons. The summed E-state index contributed by atoms with van der Waals surface area (Å²) in [7, 11) is 1.78. The Balaban J connectivity index is 2.45. The van der Waals surface area contributed by atoms with Gasteiger partial charge in [0.05, 0.1) is 6.61 Å². The zero-order chi connectivity index (χ0) is 12.6. The van der Waals surface area contributed by atoms with Gasteiger partial charge in [-0.05, 0) is 24.2 Å². The standard InChI is InChI=1S/C15H31NO/c1-4-8-14(2)15(9-6-5-7-10-15)13-16-11-12-17-3/h14,16H,4-13H2,1-3H3. The third kappa shape index (κ3) is 4.59. The molecule has 0 bridgehead atoms. The highest BCUT2D eigenvalue weighted by molar-refractivity contribution is 4.89. The number of methoxy groups -OCH3 is 1. The molecular formula is C15H31NO. The second-order valence-electron chi connectivity index (χ2n) is 5.78. The first-order chi connectivity index (χ1) is 8.25. The van der Waals surface area contributed by atoms with Crippen LogP contribution in [0.3, 0.4) is 0 Å². The maximum absolute atomic E-state index is 5.11. The molecule has 1 saturated carbocycles. The Labute approximate surface area is 108 Å². The molecular weight excluding hydrogens is 210 g/mol. The van der Waals surface area contributed by atoms with E-state index >= 15 is 0 Å². The van der Waals surface area contributed by atoms with Crippen LogP contribution in [-0.2, 0) is 4.74 Å². The summed E-state index contributed by atoms with van der Waals surface area (Å²) in [5.41, 5.74) is 0.571. The molecule has 2 heteroatoms. The smallest absolute Gasteiger partial charge is 0.0587 e. The van der Waals surface area contributed by atoms with E-state index in [1.807, 2.05) is 0 Å². The molecule has 0 aromatic rings. The van der Waals surface area contributed by atoms with Crippen molar-refractivity contribution in [2.45, 2.75) is 58.8 Å². The molecule has 0 aliphatic heterocycles. The van der Waals surface area contributed by atoms with Crippen molar-refractivity contribution < 1.29 is 4.74 Å². The Hall–Kier alpha value is -0.0800. The van der Waals surface area contributed by atoms with Crippen LogP contribution in [0.4, 0.5) is 0 Å². The zero-order valence-electron chi connectivity index (χ0n) is 12.1. The van der Waals surface area contributed by atoms with Gasteiger partial charge in [-0.15, -0.1) is 0 Å². The fraction of sp³-hybridized carbons (Fsp3) is 1.00. The molecule has 0 aromatic heterocycles. The zero-order valence-corrected chi connectivity index (χ0v) is 12.1. The van der Waals surface area contributed by atoms with Crippen LogP contribution in [-0.4, -0.2) is 26.8 Å². The van der Waals surface area contributed by atoms with Gasteiger partial charge in [0.25, 0.3) is 0 Å². The molecule has 1 aliphatic rings. The highest BCUT2D eigenvalue weighted by Crippen LogP contribution is 2.43. The van der Waals surface area contributed by atoms with Gasteiger partial charge in [-0.2, -0.15) is 0 Å². The van der Waals surface area contributed by atoms with Crippen LogP contribution in [0.5, 0.6) is 0 Å². The van der Waals surface area contributed by atoms with Gasteiger partial charge >= 0.3 is 0 Å². The normalized spacial score (nSPS) is 21.4. The molecule has 0 amide bonds. The number of nitrogens with one attached hydrogen (secondary N) is 1. The van der Waals surface area contributed by atoms with Crippen molar-refractivity contribution in [1.29, 1.82) is 0 Å². The second kappa shape index (κ2) is 8.10. The van der Waals surface area contributed by atoms with Crippen molar-refractivity contribution in [2.24, 2.45) is 11.3 Å². The summed E-state index contributed by atoms with van der Waals surface area (Å²) in [6, 6.07) is 0. The summed E-state index contributed by atoms with van der Waals surface area (Å²) in [5, 5.41) is 3.61. The summed E-state index contributed by atoms with van der Waals surface area (Å²) in [5.74, 6) is 0.864. The largest absolute Gasteiger partial charge is 0.383 e. The lowest BCUT2D eigenvalue weighted by atomic mass is 9.65. The summed E-state index contributed by atoms with van der Waals surface area (Å²) in [4.78, 5) is 0. The maximum atomic E-state index is 5.11. The monoisotopic (exact) mass is 241 g/mol. The lowest BCUT2D eigenvalue weighted by Crippen LogP contribution is -2.42. The van der Waals surface area contributed by atoms with E-state index in [1.54, 1.807) is 7.11 Å². The lowest BCUT2D eigenvalue weighted by molar-refractivity contribution is 0.0938. The number of rotatable bonds is 8. The molecule has 0 aromatic carbocycles. The summed E-state index contributed by atoms with van der Waals surface area (Å²) >= 11 is 0. The third-order valence-electron chi connectivity index (χ3n) is 4.58. The number of hydrogen-bond acceptors (Lipinski definition) is 2. The van der Waals surface area contributed by atoms with E-state index in [0.717, 1.165) is 19.1 Å². The molecule has 102 valence electrons. The lowest BCUT2D eigenvalue weighted by Gasteiger charge is -2.43. The van der Waals surface area contributed by atoms with E-state index in [0.29, 0.717) is 5.41 Å². The minimum atomic E-state index is 0.571. The first kappa shape index (κ1) is 15.0. The summed E-state index contributed by atoms with van der Waals surface area (Å²) in [6.45, 7) is 7.80. The van der Waals surface area contributed by atoms with E-state index in [2.05, 4.69) is 19.2 Å². The highest BCUT2D eigenvalue weighted by atomic mass is 16.5. The Bertz CT molecular complexity index is 187. The molecule has 1 atom stereocenters. The molecule has 2 nitrogen and oxygen atoms in total. The molecule has 1 unspecified atom stereocenters. The second-order valence-corrected chi connectivity index (χ2v) is 5.78. The van der Waals surface area contributed by atoms with Crippen LogP contribution < -0.4 is 5.32 Å². The Morgan fingerprint density at radius 1 is 1.24 bits per heavy atom. The van der Waals surface area contributed by atoms with Gasteiger partial charge in [-0.3, -0.25) is 0 Å². The van der Waals surface area contributed by atoms with Crippen LogP contribution in [0.25, 0.3) is 0 Å². The maximum Gasteiger partial charge on any atom is 0.0587 e. The number of hydrogen-bond donors (Lipinski definition) is 1. The fourth-order valence-corrected chi connectivity index (χ4v) is 3.35. The summed E-state index contributed by atoms with van der Waals surface area (Å²) < 4.78 is 5.11. The Morgan fingerprint density at radius 3 is 2.53 bits per heavy atom. The predicted octanol–water partition coefficient (Wildman–Crippen LogP) is 3.61. The van der Waals surface area contributed by atoms with Crippen LogP contribution in [0.2, 0.25) is 0 Å². The van der Waals surface area contributed by atoms with Crippen molar-refractivity contribution in [3.8, 4) is 0 Å². The van der Waals surface area contributed by atoms with Gasteiger partial charge < -0.3 is 10.1 Å². The molecule has 0 spiro atoms. The molecule has 17 heavy (non-hydrogen) atoms. The average molecular weight is 241 g/mol. The first-order valence-corrected chi connectivity index (χ1v) is 7.45. The van der Waals surface area contributed by atoms with Crippen LogP contribution in [0.1, 0.15) is 58.8 Å². The van der Waals surface area contributed by atoms with E-state index in [4.69, 9.17) is 4.74 Å². The Kier molecular flexibility index (Phi) is 7.14. The SMILES string of the molecule is CCCC(C)C1(CNCCOC)CCCCC1. The molecule has 0 heterocycles. The van der Waals surface area contributed by atoms with Crippen molar-refractivity contribution >= 4 is 0 Å². The highest BCUT2D eigenvalue weighted by Gasteiger charge is 2.36. The van der Waals surface area contributed by atoms with Crippen molar-refractivity contribution in [3.05, 3.63) is 0 Å². The Morgan fingerprint density at radius 2 is 1.94 bits per heavy atom. The third-order valence-corrected chi connectivity index (χ3v) is 4.58. The fourth-order valence-electron chi connectivity index (χ4n) is 3.35. The average Bonchev–Trinajstić information content (AvgIpc) is 2.36. The van der Waals surface area contributed by atoms with E-state index < -0.39 is 0 Å². The van der Waals surface area contributed by atoms with Crippen molar-refractivity contribution in [3.63, 3.8) is 0 Å². The molecule has 1 aliphatic carbocycles. The minimum absolute atomic E-state index is 0.571. The van der Waals surface area contributed by atoms with Gasteiger partial charge in [0.15, 0.2) is 0 Å². The van der Waals surface area contributed by atoms with Crippen molar-refractivity contribution in [2.75, 3.05) is 26.8 Å². The van der Waals surface area contributed by atoms with Gasteiger partial charge in [0, 0.05) is 20.2 Å². The molecule has 1 N–H and O–H groups in total. The van der Waals surface area contributed by atoms with Gasteiger partial charge in [0.2, 0.25) is 0 Å². The predicted molar refractivity (Wildman–Crippen MR) is 74.3 cm³/mol. The van der Waals surface area contributed by atoms with Crippen molar-refractivity contribution in [1.82, 2.24) is 5.32 Å². The van der Waals surface area contributed by atoms with Crippen LogP contribution >= 0.6 is 0 Å². The molecule has 0 saturated heterocycles. The van der Waals surface area contributed by atoms with E-state index in [9.17, 15) is 0 Å².